The molecule has 2 aliphatic rings. The van der Waals surface area contributed by atoms with Crippen molar-refractivity contribution in [3.8, 4) is 0 Å². The number of hydrogen-bond acceptors (Lipinski definition) is 4. The molecule has 3 rings (SSSR count). The maximum Gasteiger partial charge on any atom is 0.433 e. The number of hydrogen-bond donors (Lipinski definition) is 0. The van der Waals surface area contributed by atoms with Crippen molar-refractivity contribution in [3.63, 3.8) is 0 Å². The predicted octanol–water partition coefficient (Wildman–Crippen LogP) is 2.65. The third-order valence-electron chi connectivity index (χ3n) is 4.58. The Labute approximate surface area is 134 Å². The zero-order chi connectivity index (χ0) is 16.3. The van der Waals surface area contributed by atoms with Gasteiger partial charge in [0.15, 0.2) is 0 Å². The molecular weight excluding hydrogens is 307 g/mol. The first kappa shape index (κ1) is 16.5. The monoisotopic (exact) mass is 329 g/mol. The molecule has 3 heterocycles. The number of morpholine rings is 1. The largest absolute Gasteiger partial charge is 0.433 e. The highest BCUT2D eigenvalue weighted by Gasteiger charge is 2.33. The fraction of sp³-hybridized carbons (Fsp3) is 0.688. The van der Waals surface area contributed by atoms with E-state index in [4.69, 9.17) is 4.74 Å². The van der Waals surface area contributed by atoms with Crippen LogP contribution in [-0.2, 0) is 10.9 Å². The second-order valence-electron chi connectivity index (χ2n) is 6.22. The standard InChI is InChI=1S/C16H22F3N3O/c17-16(18,19)14-2-1-3-15(20-14)22-6-4-13(5-7-22)12-21-8-10-23-11-9-21/h1-3,13H,4-12H2. The molecule has 0 spiro atoms. The Bertz CT molecular complexity index is 510. The highest BCUT2D eigenvalue weighted by Crippen LogP contribution is 2.30. The minimum absolute atomic E-state index is 0.435. The first-order valence-electron chi connectivity index (χ1n) is 8.12. The van der Waals surface area contributed by atoms with Crippen LogP contribution in [0.25, 0.3) is 0 Å². The van der Waals surface area contributed by atoms with Gasteiger partial charge >= 0.3 is 6.18 Å². The van der Waals surface area contributed by atoms with Crippen molar-refractivity contribution in [2.24, 2.45) is 5.92 Å². The molecule has 0 aliphatic carbocycles. The molecule has 0 bridgehead atoms. The molecule has 128 valence electrons. The van der Waals surface area contributed by atoms with Gasteiger partial charge in [0, 0.05) is 32.7 Å². The maximum atomic E-state index is 12.8. The number of nitrogens with zero attached hydrogens (tertiary/aromatic N) is 3. The van der Waals surface area contributed by atoms with Crippen molar-refractivity contribution in [3.05, 3.63) is 23.9 Å². The molecule has 2 aliphatic heterocycles. The smallest absolute Gasteiger partial charge is 0.379 e. The van der Waals surface area contributed by atoms with E-state index < -0.39 is 11.9 Å². The lowest BCUT2D eigenvalue weighted by molar-refractivity contribution is -0.141. The summed E-state index contributed by atoms with van der Waals surface area (Å²) >= 11 is 0. The molecule has 4 nitrogen and oxygen atoms in total. The minimum atomic E-state index is -4.38. The van der Waals surface area contributed by atoms with Gasteiger partial charge in [0.2, 0.25) is 0 Å². The van der Waals surface area contributed by atoms with E-state index in [1.54, 1.807) is 6.07 Å². The quantitative estimate of drug-likeness (QED) is 0.852. The van der Waals surface area contributed by atoms with Crippen molar-refractivity contribution in [1.29, 1.82) is 0 Å². The normalized spacial score (nSPS) is 21.6. The molecule has 1 aromatic heterocycles. The number of halogens is 3. The molecule has 1 aromatic rings. The Hall–Kier alpha value is -1.34. The third kappa shape index (κ3) is 4.35. The average molecular weight is 329 g/mol. The van der Waals surface area contributed by atoms with Gasteiger partial charge in [-0.15, -0.1) is 0 Å². The highest BCUT2D eigenvalue weighted by atomic mass is 19.4. The van der Waals surface area contributed by atoms with Gasteiger partial charge in [0.05, 0.1) is 13.2 Å². The second-order valence-corrected chi connectivity index (χ2v) is 6.22. The van der Waals surface area contributed by atoms with Crippen LogP contribution in [0.2, 0.25) is 0 Å². The molecule has 2 fully saturated rings. The molecular formula is C16H22F3N3O. The van der Waals surface area contributed by atoms with E-state index in [-0.39, 0.29) is 0 Å². The summed E-state index contributed by atoms with van der Waals surface area (Å²) in [6, 6.07) is 4.12. The van der Waals surface area contributed by atoms with E-state index in [0.717, 1.165) is 64.8 Å². The van der Waals surface area contributed by atoms with E-state index in [0.29, 0.717) is 11.7 Å². The van der Waals surface area contributed by atoms with Gasteiger partial charge in [0.1, 0.15) is 11.5 Å². The molecule has 0 aromatic carbocycles. The first-order valence-corrected chi connectivity index (χ1v) is 8.12. The number of piperidine rings is 1. The lowest BCUT2D eigenvalue weighted by Crippen LogP contribution is -2.43. The van der Waals surface area contributed by atoms with E-state index >= 15 is 0 Å². The summed E-state index contributed by atoms with van der Waals surface area (Å²) in [5.41, 5.74) is -0.814. The van der Waals surface area contributed by atoms with Crippen molar-refractivity contribution >= 4 is 5.82 Å². The van der Waals surface area contributed by atoms with Crippen molar-refractivity contribution in [2.45, 2.75) is 19.0 Å². The van der Waals surface area contributed by atoms with Crippen LogP contribution in [0, 0.1) is 5.92 Å². The van der Waals surface area contributed by atoms with E-state index in [2.05, 4.69) is 9.88 Å². The van der Waals surface area contributed by atoms with E-state index in [1.165, 1.54) is 6.07 Å². The summed E-state index contributed by atoms with van der Waals surface area (Å²) < 4.78 is 43.6. The Kier molecular flexibility index (Phi) is 5.06. The Morgan fingerprint density at radius 1 is 1.09 bits per heavy atom. The zero-order valence-corrected chi connectivity index (χ0v) is 13.1. The lowest BCUT2D eigenvalue weighted by atomic mass is 9.96. The Balaban J connectivity index is 1.54. The van der Waals surface area contributed by atoms with Crippen molar-refractivity contribution in [2.75, 3.05) is 50.8 Å². The molecule has 2 saturated heterocycles. The van der Waals surface area contributed by atoms with Crippen LogP contribution in [-0.4, -0.2) is 55.8 Å². The number of ether oxygens (including phenoxy) is 1. The van der Waals surface area contributed by atoms with Crippen molar-refractivity contribution in [1.82, 2.24) is 9.88 Å². The van der Waals surface area contributed by atoms with Gasteiger partial charge in [-0.1, -0.05) is 6.07 Å². The van der Waals surface area contributed by atoms with Crippen LogP contribution >= 0.6 is 0 Å². The molecule has 0 N–H and O–H groups in total. The van der Waals surface area contributed by atoms with Crippen LogP contribution in [0.1, 0.15) is 18.5 Å². The van der Waals surface area contributed by atoms with Gasteiger partial charge in [-0.25, -0.2) is 4.98 Å². The molecule has 0 atom stereocenters. The van der Waals surface area contributed by atoms with Crippen molar-refractivity contribution < 1.29 is 17.9 Å². The molecule has 0 saturated carbocycles. The van der Waals surface area contributed by atoms with Crippen LogP contribution in [0.4, 0.5) is 19.0 Å². The van der Waals surface area contributed by atoms with Crippen LogP contribution in [0.15, 0.2) is 18.2 Å². The average Bonchev–Trinajstić information content (AvgIpc) is 2.56. The van der Waals surface area contributed by atoms with E-state index in [9.17, 15) is 13.2 Å². The van der Waals surface area contributed by atoms with Crippen LogP contribution in [0.5, 0.6) is 0 Å². The van der Waals surface area contributed by atoms with Gasteiger partial charge in [-0.3, -0.25) is 4.90 Å². The fourth-order valence-electron chi connectivity index (χ4n) is 3.25. The molecule has 23 heavy (non-hydrogen) atoms. The second kappa shape index (κ2) is 7.05. The number of alkyl halides is 3. The summed E-state index contributed by atoms with van der Waals surface area (Å²) in [6.45, 7) is 6.16. The van der Waals surface area contributed by atoms with Crippen LogP contribution in [0.3, 0.4) is 0 Å². The van der Waals surface area contributed by atoms with Gasteiger partial charge < -0.3 is 9.64 Å². The molecule has 0 unspecified atom stereocenters. The number of anilines is 1. The SMILES string of the molecule is FC(F)(F)c1cccc(N2CCC(CN3CCOCC3)CC2)n1. The molecule has 7 heteroatoms. The lowest BCUT2D eigenvalue weighted by Gasteiger charge is -2.36. The topological polar surface area (TPSA) is 28.6 Å². The van der Waals surface area contributed by atoms with E-state index in [1.807, 2.05) is 4.90 Å². The summed E-state index contributed by atoms with van der Waals surface area (Å²) in [7, 11) is 0. The summed E-state index contributed by atoms with van der Waals surface area (Å²) in [5.74, 6) is 1.04. The predicted molar refractivity (Wildman–Crippen MR) is 81.4 cm³/mol. The van der Waals surface area contributed by atoms with Gasteiger partial charge in [-0.05, 0) is 30.9 Å². The Morgan fingerprint density at radius 2 is 1.78 bits per heavy atom. The van der Waals surface area contributed by atoms with Gasteiger partial charge in [-0.2, -0.15) is 13.2 Å². The summed E-state index contributed by atoms with van der Waals surface area (Å²) in [6.07, 6.45) is -2.39. The number of rotatable bonds is 3. The summed E-state index contributed by atoms with van der Waals surface area (Å²) in [5, 5.41) is 0. The number of pyridine rings is 1. The first-order chi connectivity index (χ1) is 11.0. The molecule has 0 radical (unpaired) electrons. The van der Waals surface area contributed by atoms with Crippen LogP contribution < -0.4 is 4.90 Å². The molecule has 0 amide bonds. The summed E-state index contributed by atoms with van der Waals surface area (Å²) in [4.78, 5) is 8.17. The fourth-order valence-corrected chi connectivity index (χ4v) is 3.25. The Morgan fingerprint density at radius 3 is 2.43 bits per heavy atom. The number of aromatic nitrogens is 1. The van der Waals surface area contributed by atoms with Gasteiger partial charge in [0.25, 0.3) is 0 Å². The highest BCUT2D eigenvalue weighted by molar-refractivity contribution is 5.40. The maximum absolute atomic E-state index is 12.8. The zero-order valence-electron chi connectivity index (χ0n) is 13.1. The minimum Gasteiger partial charge on any atom is -0.379 e. The third-order valence-corrected chi connectivity index (χ3v) is 4.58.